The quantitative estimate of drug-likeness (QED) is 0.207. The predicted molar refractivity (Wildman–Crippen MR) is 141 cm³/mol. The highest BCUT2D eigenvalue weighted by molar-refractivity contribution is 6.34. The summed E-state index contributed by atoms with van der Waals surface area (Å²) in [5, 5.41) is 10.7. The zero-order valence-electron chi connectivity index (χ0n) is 19.1. The zero-order valence-corrected chi connectivity index (χ0v) is 19.1. The molecule has 0 spiro atoms. The van der Waals surface area contributed by atoms with Crippen LogP contribution in [0.1, 0.15) is 25.0 Å². The van der Waals surface area contributed by atoms with E-state index in [1.54, 1.807) is 0 Å². The summed E-state index contributed by atoms with van der Waals surface area (Å²) in [6, 6.07) is 32.0. The average Bonchev–Trinajstić information content (AvgIpc) is 2.77. The Labute approximate surface area is 189 Å². The number of rotatable bonds is 3. The van der Waals surface area contributed by atoms with Gasteiger partial charge in [0.2, 0.25) is 0 Å². The molecule has 0 aliphatic heterocycles. The number of benzene rings is 6. The topological polar surface area (TPSA) is 3.24 Å². The third-order valence-electron chi connectivity index (χ3n) is 6.76. The molecule has 0 N–H and O–H groups in total. The molecule has 1 heteroatoms. The van der Waals surface area contributed by atoms with Gasteiger partial charge in [0.05, 0.1) is 0 Å². The summed E-state index contributed by atoms with van der Waals surface area (Å²) in [4.78, 5) is 2.49. The van der Waals surface area contributed by atoms with E-state index in [0.29, 0.717) is 6.04 Å². The Morgan fingerprint density at radius 2 is 1.09 bits per heavy atom. The highest BCUT2D eigenvalue weighted by Gasteiger charge is 2.20. The van der Waals surface area contributed by atoms with Crippen LogP contribution in [-0.2, 0) is 0 Å². The molecule has 156 valence electrons. The highest BCUT2D eigenvalue weighted by Crippen LogP contribution is 2.44. The summed E-state index contributed by atoms with van der Waals surface area (Å²) in [6.07, 6.45) is 0. The molecule has 0 saturated heterocycles. The van der Waals surface area contributed by atoms with E-state index in [0.717, 1.165) is 0 Å². The normalized spacial score (nSPS) is 12.0. The minimum atomic E-state index is 0.340. The van der Waals surface area contributed by atoms with Gasteiger partial charge in [0, 0.05) is 22.8 Å². The first-order chi connectivity index (χ1) is 15.5. The van der Waals surface area contributed by atoms with Crippen LogP contribution >= 0.6 is 0 Å². The third kappa shape index (κ3) is 2.71. The lowest BCUT2D eigenvalue weighted by atomic mass is 9.89. The molecule has 0 amide bonds. The largest absolute Gasteiger partial charge is 0.338 e. The molecule has 1 nitrogen and oxygen atoms in total. The van der Waals surface area contributed by atoms with Crippen molar-refractivity contribution in [2.75, 3.05) is 4.90 Å². The van der Waals surface area contributed by atoms with Crippen LogP contribution < -0.4 is 4.90 Å². The van der Waals surface area contributed by atoms with Crippen molar-refractivity contribution < 1.29 is 0 Å². The van der Waals surface area contributed by atoms with Gasteiger partial charge in [0.15, 0.2) is 0 Å². The van der Waals surface area contributed by atoms with Crippen molar-refractivity contribution in [3.63, 3.8) is 0 Å². The zero-order chi connectivity index (χ0) is 22.0. The molecule has 6 rings (SSSR count). The molecule has 0 saturated carbocycles. The van der Waals surface area contributed by atoms with Crippen LogP contribution in [0.25, 0.3) is 43.1 Å². The number of aryl methyl sites for hydroxylation is 2. The number of anilines is 2. The summed E-state index contributed by atoms with van der Waals surface area (Å²) >= 11 is 0. The molecule has 0 aliphatic rings. The Balaban J connectivity index is 1.75. The Morgan fingerprint density at radius 3 is 1.72 bits per heavy atom. The lowest BCUT2D eigenvalue weighted by Gasteiger charge is -2.31. The second-order valence-corrected chi connectivity index (χ2v) is 9.38. The van der Waals surface area contributed by atoms with Crippen LogP contribution in [0.4, 0.5) is 11.4 Å². The maximum Gasteiger partial charge on any atom is 0.0493 e. The Morgan fingerprint density at radius 1 is 0.562 bits per heavy atom. The lowest BCUT2D eigenvalue weighted by Crippen LogP contribution is -2.25. The van der Waals surface area contributed by atoms with Gasteiger partial charge >= 0.3 is 0 Å². The molecule has 6 aromatic carbocycles. The van der Waals surface area contributed by atoms with Crippen LogP contribution in [0, 0.1) is 13.8 Å². The summed E-state index contributed by atoms with van der Waals surface area (Å²) in [7, 11) is 0. The van der Waals surface area contributed by atoms with Crippen LogP contribution in [0.15, 0.2) is 84.9 Å². The van der Waals surface area contributed by atoms with Gasteiger partial charge in [-0.2, -0.15) is 0 Å². The molecule has 0 aliphatic carbocycles. The second kappa shape index (κ2) is 6.97. The maximum atomic E-state index is 2.49. The minimum absolute atomic E-state index is 0.340. The van der Waals surface area contributed by atoms with Gasteiger partial charge in [-0.3, -0.25) is 0 Å². The van der Waals surface area contributed by atoms with E-state index >= 15 is 0 Å². The summed E-state index contributed by atoms with van der Waals surface area (Å²) in [6.45, 7) is 8.93. The fraction of sp³-hybridized carbons (Fsp3) is 0.161. The van der Waals surface area contributed by atoms with Crippen molar-refractivity contribution in [2.45, 2.75) is 33.7 Å². The molecule has 32 heavy (non-hydrogen) atoms. The summed E-state index contributed by atoms with van der Waals surface area (Å²) in [5.41, 5.74) is 5.14. The van der Waals surface area contributed by atoms with E-state index in [2.05, 4.69) is 118 Å². The number of hydrogen-bond donors (Lipinski definition) is 0. The van der Waals surface area contributed by atoms with Crippen molar-refractivity contribution in [1.29, 1.82) is 0 Å². The predicted octanol–water partition coefficient (Wildman–Crippen LogP) is 8.90. The lowest BCUT2D eigenvalue weighted by molar-refractivity contribution is 0.791. The molecule has 6 aromatic rings. The standard InChI is InChI=1S/C31H27N/c1-19(2)32(23-17-20(3)16-21(4)18-23)29-15-14-27-25-11-6-9-22-8-5-10-24(30(22)25)26-12-7-13-28(29)31(26)27/h5-19H,1-4H3. The molecule has 0 radical (unpaired) electrons. The maximum absolute atomic E-state index is 2.49. The van der Waals surface area contributed by atoms with E-state index in [1.807, 2.05) is 0 Å². The Kier molecular flexibility index (Phi) is 4.16. The summed E-state index contributed by atoms with van der Waals surface area (Å²) in [5.74, 6) is 0. The van der Waals surface area contributed by atoms with E-state index < -0.39 is 0 Å². The van der Waals surface area contributed by atoms with Crippen molar-refractivity contribution in [3.05, 3.63) is 96.1 Å². The van der Waals surface area contributed by atoms with Crippen molar-refractivity contribution >= 4 is 54.5 Å². The van der Waals surface area contributed by atoms with Crippen molar-refractivity contribution in [2.24, 2.45) is 0 Å². The second-order valence-electron chi connectivity index (χ2n) is 9.38. The van der Waals surface area contributed by atoms with Gasteiger partial charge in [-0.1, -0.05) is 66.7 Å². The van der Waals surface area contributed by atoms with Crippen LogP contribution in [0.2, 0.25) is 0 Å². The van der Waals surface area contributed by atoms with Gasteiger partial charge in [-0.05, 0) is 94.7 Å². The SMILES string of the molecule is Cc1cc(C)cc(N(c2ccc3c4cccc5cccc(c6cccc2c63)c54)C(C)C)c1. The molecular formula is C31H27N. The number of nitrogens with zero attached hydrogens (tertiary/aromatic N) is 1. The van der Waals surface area contributed by atoms with E-state index in [9.17, 15) is 0 Å². The van der Waals surface area contributed by atoms with Gasteiger partial charge < -0.3 is 4.90 Å². The Hall–Kier alpha value is -3.58. The summed E-state index contributed by atoms with van der Waals surface area (Å²) < 4.78 is 0. The van der Waals surface area contributed by atoms with Gasteiger partial charge in [-0.25, -0.2) is 0 Å². The fourth-order valence-corrected chi connectivity index (χ4v) is 5.65. The van der Waals surface area contributed by atoms with Gasteiger partial charge in [0.25, 0.3) is 0 Å². The number of hydrogen-bond acceptors (Lipinski definition) is 1. The first kappa shape index (κ1) is 19.1. The van der Waals surface area contributed by atoms with Gasteiger partial charge in [0.1, 0.15) is 0 Å². The third-order valence-corrected chi connectivity index (χ3v) is 6.76. The molecule has 0 fully saturated rings. The van der Waals surface area contributed by atoms with E-state index in [4.69, 9.17) is 0 Å². The molecule has 0 aromatic heterocycles. The monoisotopic (exact) mass is 413 g/mol. The Bertz CT molecular complexity index is 1550. The molecule has 0 heterocycles. The van der Waals surface area contributed by atoms with E-state index in [-0.39, 0.29) is 0 Å². The molecule has 0 bridgehead atoms. The fourth-order valence-electron chi connectivity index (χ4n) is 5.65. The highest BCUT2D eigenvalue weighted by atomic mass is 15.2. The van der Waals surface area contributed by atoms with Crippen molar-refractivity contribution in [3.8, 4) is 0 Å². The number of fused-ring (bicyclic) bond motifs is 2. The smallest absolute Gasteiger partial charge is 0.0493 e. The van der Waals surface area contributed by atoms with Crippen LogP contribution in [0.5, 0.6) is 0 Å². The molecule has 0 unspecified atom stereocenters. The average molecular weight is 414 g/mol. The van der Waals surface area contributed by atoms with Crippen molar-refractivity contribution in [1.82, 2.24) is 0 Å². The molecule has 0 atom stereocenters. The van der Waals surface area contributed by atoms with Gasteiger partial charge in [-0.15, -0.1) is 0 Å². The first-order valence-electron chi connectivity index (χ1n) is 11.5. The van der Waals surface area contributed by atoms with E-state index in [1.165, 1.54) is 65.6 Å². The minimum Gasteiger partial charge on any atom is -0.338 e. The first-order valence-corrected chi connectivity index (χ1v) is 11.5. The van der Waals surface area contributed by atoms with Crippen LogP contribution in [0.3, 0.4) is 0 Å². The molecular weight excluding hydrogens is 386 g/mol. The van der Waals surface area contributed by atoms with Crippen LogP contribution in [-0.4, -0.2) is 6.04 Å².